The van der Waals surface area contributed by atoms with E-state index < -0.39 is 6.04 Å². The van der Waals surface area contributed by atoms with E-state index in [-0.39, 0.29) is 11.7 Å². The summed E-state index contributed by atoms with van der Waals surface area (Å²) in [6, 6.07) is 15.1. The highest BCUT2D eigenvalue weighted by Crippen LogP contribution is 2.11. The maximum atomic E-state index is 12.8. The second kappa shape index (κ2) is 9.03. The van der Waals surface area contributed by atoms with Crippen LogP contribution in [-0.2, 0) is 11.2 Å². The van der Waals surface area contributed by atoms with E-state index >= 15 is 0 Å². The zero-order valence-electron chi connectivity index (χ0n) is 13.8. The third-order valence-corrected chi connectivity index (χ3v) is 3.71. The van der Waals surface area contributed by atoms with Crippen LogP contribution in [0.4, 0.5) is 4.39 Å². The second-order valence-corrected chi connectivity index (χ2v) is 5.71. The maximum Gasteiger partial charge on any atom is 0.239 e. The Kier molecular flexibility index (Phi) is 6.75. The molecule has 5 heteroatoms. The third-order valence-electron chi connectivity index (χ3n) is 3.71. The van der Waals surface area contributed by atoms with Gasteiger partial charge in [0.25, 0.3) is 0 Å². The number of carbonyl (C=O) groups excluding carboxylic acids is 1. The molecule has 1 atom stereocenters. The van der Waals surface area contributed by atoms with Gasteiger partial charge in [-0.3, -0.25) is 4.79 Å². The molecule has 0 spiro atoms. The molecule has 0 aliphatic heterocycles. The largest absolute Gasteiger partial charge is 0.494 e. The van der Waals surface area contributed by atoms with E-state index in [1.165, 1.54) is 12.1 Å². The zero-order chi connectivity index (χ0) is 17.4. The Morgan fingerprint density at radius 2 is 1.83 bits per heavy atom. The SMILES string of the molecule is CN(CCCOc1ccc(F)cc1)C(=O)C(N)Cc1ccccc1. The molecule has 2 N–H and O–H groups in total. The Labute approximate surface area is 142 Å². The summed E-state index contributed by atoms with van der Waals surface area (Å²) >= 11 is 0. The molecule has 128 valence electrons. The molecule has 2 aromatic rings. The van der Waals surface area contributed by atoms with Crippen molar-refractivity contribution in [2.45, 2.75) is 18.9 Å². The van der Waals surface area contributed by atoms with Crippen molar-refractivity contribution in [3.8, 4) is 5.75 Å². The highest BCUT2D eigenvalue weighted by Gasteiger charge is 2.18. The minimum atomic E-state index is -0.546. The van der Waals surface area contributed by atoms with Crippen molar-refractivity contribution in [1.29, 1.82) is 0 Å². The topological polar surface area (TPSA) is 55.6 Å². The van der Waals surface area contributed by atoms with E-state index in [1.54, 1.807) is 24.1 Å². The fraction of sp³-hybridized carbons (Fsp3) is 0.316. The van der Waals surface area contributed by atoms with Gasteiger partial charge in [-0.15, -0.1) is 0 Å². The molecule has 0 saturated carbocycles. The van der Waals surface area contributed by atoms with Crippen LogP contribution in [0.5, 0.6) is 5.75 Å². The lowest BCUT2D eigenvalue weighted by atomic mass is 10.1. The van der Waals surface area contributed by atoms with E-state index in [0.717, 1.165) is 5.56 Å². The molecule has 0 bridgehead atoms. The van der Waals surface area contributed by atoms with Gasteiger partial charge in [0, 0.05) is 13.6 Å². The summed E-state index contributed by atoms with van der Waals surface area (Å²) in [5.41, 5.74) is 7.05. The van der Waals surface area contributed by atoms with Gasteiger partial charge in [-0.2, -0.15) is 0 Å². The van der Waals surface area contributed by atoms with E-state index in [1.807, 2.05) is 30.3 Å². The van der Waals surface area contributed by atoms with Crippen molar-refractivity contribution >= 4 is 5.91 Å². The van der Waals surface area contributed by atoms with E-state index in [2.05, 4.69) is 0 Å². The first kappa shape index (κ1) is 17.9. The summed E-state index contributed by atoms with van der Waals surface area (Å²) < 4.78 is 18.3. The number of hydrogen-bond acceptors (Lipinski definition) is 3. The normalized spacial score (nSPS) is 11.8. The molecule has 1 amide bonds. The lowest BCUT2D eigenvalue weighted by Crippen LogP contribution is -2.43. The van der Waals surface area contributed by atoms with Crippen molar-refractivity contribution in [3.05, 3.63) is 66.0 Å². The van der Waals surface area contributed by atoms with Gasteiger partial charge in [0.1, 0.15) is 11.6 Å². The smallest absolute Gasteiger partial charge is 0.239 e. The van der Waals surface area contributed by atoms with Crippen molar-refractivity contribution in [3.63, 3.8) is 0 Å². The fourth-order valence-electron chi connectivity index (χ4n) is 2.37. The fourth-order valence-corrected chi connectivity index (χ4v) is 2.37. The predicted octanol–water partition coefficient (Wildman–Crippen LogP) is 2.62. The molecule has 0 aromatic heterocycles. The molecule has 1 unspecified atom stereocenters. The molecule has 0 heterocycles. The highest BCUT2D eigenvalue weighted by atomic mass is 19.1. The summed E-state index contributed by atoms with van der Waals surface area (Å²) in [5.74, 6) is 0.242. The number of nitrogens with zero attached hydrogens (tertiary/aromatic N) is 1. The Balaban J connectivity index is 1.70. The lowest BCUT2D eigenvalue weighted by molar-refractivity contribution is -0.131. The van der Waals surface area contributed by atoms with Gasteiger partial charge < -0.3 is 15.4 Å². The van der Waals surface area contributed by atoms with E-state index in [0.29, 0.717) is 31.7 Å². The molecular weight excluding hydrogens is 307 g/mol. The minimum Gasteiger partial charge on any atom is -0.494 e. The summed E-state index contributed by atoms with van der Waals surface area (Å²) in [6.07, 6.45) is 1.20. The summed E-state index contributed by atoms with van der Waals surface area (Å²) in [7, 11) is 1.74. The van der Waals surface area contributed by atoms with Gasteiger partial charge in [-0.25, -0.2) is 4.39 Å². The van der Waals surface area contributed by atoms with Gasteiger partial charge >= 0.3 is 0 Å². The van der Waals surface area contributed by atoms with Gasteiger partial charge in [0.05, 0.1) is 12.6 Å². The van der Waals surface area contributed by atoms with Gasteiger partial charge in [-0.1, -0.05) is 30.3 Å². The number of rotatable bonds is 8. The second-order valence-electron chi connectivity index (χ2n) is 5.71. The number of amides is 1. The Bertz CT molecular complexity index is 632. The minimum absolute atomic E-state index is 0.0827. The number of ether oxygens (including phenoxy) is 1. The van der Waals surface area contributed by atoms with Crippen LogP contribution in [0.3, 0.4) is 0 Å². The van der Waals surface area contributed by atoms with Crippen LogP contribution in [-0.4, -0.2) is 37.0 Å². The summed E-state index contributed by atoms with van der Waals surface area (Å²) in [5, 5.41) is 0. The van der Waals surface area contributed by atoms with Gasteiger partial charge in [-0.05, 0) is 42.7 Å². The standard InChI is InChI=1S/C19H23FN2O2/c1-22(12-5-13-24-17-10-8-16(20)9-11-17)19(23)18(21)14-15-6-3-2-4-7-15/h2-4,6-11,18H,5,12-14,21H2,1H3. The molecule has 0 aliphatic rings. The number of hydrogen-bond donors (Lipinski definition) is 1. The molecule has 2 rings (SSSR count). The summed E-state index contributed by atoms with van der Waals surface area (Å²) in [6.45, 7) is 1.01. The number of likely N-dealkylation sites (N-methyl/N-ethyl adjacent to an activating group) is 1. The molecule has 0 saturated heterocycles. The number of halogens is 1. The number of nitrogens with two attached hydrogens (primary N) is 1. The predicted molar refractivity (Wildman–Crippen MR) is 92.3 cm³/mol. The van der Waals surface area contributed by atoms with E-state index in [4.69, 9.17) is 10.5 Å². The highest BCUT2D eigenvalue weighted by molar-refractivity contribution is 5.81. The monoisotopic (exact) mass is 330 g/mol. The molecule has 0 radical (unpaired) electrons. The Hall–Kier alpha value is -2.40. The van der Waals surface area contributed by atoms with Crippen LogP contribution in [0.15, 0.2) is 54.6 Å². The molecule has 0 aliphatic carbocycles. The van der Waals surface area contributed by atoms with Crippen molar-refractivity contribution in [2.24, 2.45) is 5.73 Å². The molecule has 4 nitrogen and oxygen atoms in total. The van der Waals surface area contributed by atoms with Crippen LogP contribution in [0.25, 0.3) is 0 Å². The average Bonchev–Trinajstić information content (AvgIpc) is 2.60. The van der Waals surface area contributed by atoms with Crippen molar-refractivity contribution in [1.82, 2.24) is 4.90 Å². The molecule has 24 heavy (non-hydrogen) atoms. The quantitative estimate of drug-likeness (QED) is 0.757. The first-order chi connectivity index (χ1) is 11.6. The first-order valence-corrected chi connectivity index (χ1v) is 7.99. The maximum absolute atomic E-state index is 12.8. The zero-order valence-corrected chi connectivity index (χ0v) is 13.8. The lowest BCUT2D eigenvalue weighted by Gasteiger charge is -2.21. The van der Waals surface area contributed by atoms with Gasteiger partial charge in [0.15, 0.2) is 0 Å². The van der Waals surface area contributed by atoms with Crippen LogP contribution >= 0.6 is 0 Å². The number of benzene rings is 2. The van der Waals surface area contributed by atoms with Gasteiger partial charge in [0.2, 0.25) is 5.91 Å². The summed E-state index contributed by atoms with van der Waals surface area (Å²) in [4.78, 5) is 13.9. The average molecular weight is 330 g/mol. The first-order valence-electron chi connectivity index (χ1n) is 7.99. The number of carbonyl (C=O) groups is 1. The third kappa shape index (κ3) is 5.66. The van der Waals surface area contributed by atoms with Crippen molar-refractivity contribution in [2.75, 3.05) is 20.2 Å². The van der Waals surface area contributed by atoms with Crippen LogP contribution < -0.4 is 10.5 Å². The Morgan fingerprint density at radius 3 is 2.50 bits per heavy atom. The molecular formula is C19H23FN2O2. The van der Waals surface area contributed by atoms with Crippen LogP contribution in [0.2, 0.25) is 0 Å². The van der Waals surface area contributed by atoms with Crippen molar-refractivity contribution < 1.29 is 13.9 Å². The van der Waals surface area contributed by atoms with E-state index in [9.17, 15) is 9.18 Å². The van der Waals surface area contributed by atoms with Crippen LogP contribution in [0.1, 0.15) is 12.0 Å². The molecule has 0 fully saturated rings. The van der Waals surface area contributed by atoms with Crippen LogP contribution in [0, 0.1) is 5.82 Å². The Morgan fingerprint density at radius 1 is 1.17 bits per heavy atom. The molecule has 2 aromatic carbocycles.